The van der Waals surface area contributed by atoms with Gasteiger partial charge in [0.15, 0.2) is 5.78 Å². The van der Waals surface area contributed by atoms with Crippen LogP contribution >= 0.6 is 11.3 Å². The molecule has 3 fully saturated rings. The van der Waals surface area contributed by atoms with E-state index in [-0.39, 0.29) is 23.6 Å². The second-order valence-electron chi connectivity index (χ2n) is 9.13. The molecule has 4 atom stereocenters. The first kappa shape index (κ1) is 22.0. The number of nitrogens with zero attached hydrogens (tertiary/aromatic N) is 2. The maximum absolute atomic E-state index is 13.2. The van der Waals surface area contributed by atoms with Crippen molar-refractivity contribution in [3.8, 4) is 10.4 Å². The lowest BCUT2D eigenvalue weighted by Gasteiger charge is -2.44. The summed E-state index contributed by atoms with van der Waals surface area (Å²) in [4.78, 5) is 55.5. The summed E-state index contributed by atoms with van der Waals surface area (Å²) in [5.41, 5.74) is 1.46. The average Bonchev–Trinajstić information content (AvgIpc) is 3.49. The van der Waals surface area contributed by atoms with E-state index < -0.39 is 23.3 Å². The number of ketones is 1. The molecule has 5 rings (SSSR count). The highest BCUT2D eigenvalue weighted by Crippen LogP contribution is 2.58. The smallest absolute Gasteiger partial charge is 0.327 e. The number of Topliss-reactive ketones (excluding diaryl/α,β-unsaturated/α-hetero) is 1. The lowest BCUT2D eigenvalue weighted by molar-refractivity contribution is -0.163. The first-order valence-electron chi connectivity index (χ1n) is 11.2. The summed E-state index contributed by atoms with van der Waals surface area (Å²) in [7, 11) is 2.85. The summed E-state index contributed by atoms with van der Waals surface area (Å²) in [6.45, 7) is 2.18. The summed E-state index contributed by atoms with van der Waals surface area (Å²) in [6.07, 6.45) is 2.21. The Labute approximate surface area is 196 Å². The molecule has 3 aliphatic heterocycles. The monoisotopic (exact) mass is 466 g/mol. The number of hydrogen-bond donors (Lipinski definition) is 0. The topological polar surface area (TPSA) is 84.0 Å². The van der Waals surface area contributed by atoms with Gasteiger partial charge in [-0.3, -0.25) is 29.0 Å². The summed E-state index contributed by atoms with van der Waals surface area (Å²) in [5, 5.41) is 1.85. The van der Waals surface area contributed by atoms with Gasteiger partial charge < -0.3 is 4.74 Å². The number of amides is 2. The van der Waals surface area contributed by atoms with E-state index in [1.807, 2.05) is 35.7 Å². The summed E-state index contributed by atoms with van der Waals surface area (Å²) < 4.78 is 5.22. The number of fused-ring (bicyclic) bond motifs is 3. The first-order chi connectivity index (χ1) is 15.8. The maximum Gasteiger partial charge on any atom is 0.327 e. The van der Waals surface area contributed by atoms with Crippen LogP contribution in [0.15, 0.2) is 35.7 Å². The number of piperidine rings is 1. The van der Waals surface area contributed by atoms with Crippen molar-refractivity contribution >= 4 is 34.9 Å². The van der Waals surface area contributed by atoms with Gasteiger partial charge in [0.2, 0.25) is 11.8 Å². The molecule has 2 aromatic rings. The Morgan fingerprint density at radius 3 is 2.48 bits per heavy atom. The average molecular weight is 467 g/mol. The van der Waals surface area contributed by atoms with E-state index in [0.29, 0.717) is 18.5 Å². The van der Waals surface area contributed by atoms with E-state index in [0.717, 1.165) is 28.8 Å². The third kappa shape index (κ3) is 3.04. The first-order valence-corrected chi connectivity index (χ1v) is 12.1. The molecule has 3 saturated heterocycles. The number of ether oxygens (including phenoxy) is 1. The van der Waals surface area contributed by atoms with Gasteiger partial charge in [-0.15, -0.1) is 11.3 Å². The fraction of sp³-hybridized carbons (Fsp3) is 0.440. The molecule has 0 aliphatic carbocycles. The fourth-order valence-corrected chi connectivity index (χ4v) is 6.97. The van der Waals surface area contributed by atoms with E-state index >= 15 is 0 Å². The summed E-state index contributed by atoms with van der Waals surface area (Å²) in [6, 6.07) is 9.42. The van der Waals surface area contributed by atoms with Crippen molar-refractivity contribution in [2.24, 2.45) is 11.8 Å². The van der Waals surface area contributed by atoms with Crippen LogP contribution < -0.4 is 0 Å². The van der Waals surface area contributed by atoms with Crippen LogP contribution in [0.5, 0.6) is 0 Å². The Morgan fingerprint density at radius 2 is 1.85 bits per heavy atom. The van der Waals surface area contributed by atoms with Gasteiger partial charge in [-0.1, -0.05) is 24.3 Å². The molecule has 0 bridgehead atoms. The third-order valence-electron chi connectivity index (χ3n) is 7.56. The molecule has 7 nitrogen and oxygen atoms in total. The SMILES string of the molecule is COC(=O)[C@@]12CCCCN1[C@H](c1ccc(-c3cc(C(C)=O)cs3)cc1)[C@H]1C(=O)N(C)C(=O)[C@H]12. The zero-order valence-corrected chi connectivity index (χ0v) is 19.7. The number of rotatable bonds is 4. The molecule has 8 heteroatoms. The van der Waals surface area contributed by atoms with Crippen LogP contribution in [0.4, 0.5) is 0 Å². The van der Waals surface area contributed by atoms with Crippen molar-refractivity contribution in [2.75, 3.05) is 20.7 Å². The van der Waals surface area contributed by atoms with Crippen LogP contribution in [-0.2, 0) is 19.1 Å². The van der Waals surface area contributed by atoms with E-state index in [9.17, 15) is 19.2 Å². The highest BCUT2D eigenvalue weighted by molar-refractivity contribution is 7.13. The highest BCUT2D eigenvalue weighted by atomic mass is 32.1. The van der Waals surface area contributed by atoms with Gasteiger partial charge in [0.25, 0.3) is 0 Å². The zero-order chi connectivity index (χ0) is 23.5. The zero-order valence-electron chi connectivity index (χ0n) is 18.9. The largest absolute Gasteiger partial charge is 0.468 e. The lowest BCUT2D eigenvalue weighted by atomic mass is 9.75. The van der Waals surface area contributed by atoms with Crippen molar-refractivity contribution in [3.05, 3.63) is 46.8 Å². The molecule has 172 valence electrons. The van der Waals surface area contributed by atoms with Gasteiger partial charge in [-0.25, -0.2) is 0 Å². The highest BCUT2D eigenvalue weighted by Gasteiger charge is 2.72. The minimum Gasteiger partial charge on any atom is -0.468 e. The number of imide groups is 1. The predicted octanol–water partition coefficient (Wildman–Crippen LogP) is 3.30. The second kappa shape index (κ2) is 7.88. The van der Waals surface area contributed by atoms with Crippen LogP contribution in [0.25, 0.3) is 10.4 Å². The molecule has 3 aliphatic rings. The Hall–Kier alpha value is -2.84. The van der Waals surface area contributed by atoms with Gasteiger partial charge in [0.05, 0.1) is 18.9 Å². The van der Waals surface area contributed by atoms with Gasteiger partial charge in [0.1, 0.15) is 5.54 Å². The number of carbonyl (C=O) groups is 4. The van der Waals surface area contributed by atoms with Crippen LogP contribution in [0.1, 0.15) is 48.1 Å². The van der Waals surface area contributed by atoms with Crippen LogP contribution in [0.3, 0.4) is 0 Å². The van der Waals surface area contributed by atoms with Gasteiger partial charge in [-0.05, 0) is 49.9 Å². The lowest BCUT2D eigenvalue weighted by Crippen LogP contribution is -2.59. The fourth-order valence-electron chi connectivity index (χ4n) is 6.02. The number of carbonyl (C=O) groups excluding carboxylic acids is 4. The number of benzene rings is 1. The number of thiophene rings is 1. The van der Waals surface area contributed by atoms with E-state index in [1.54, 1.807) is 6.92 Å². The van der Waals surface area contributed by atoms with Crippen molar-refractivity contribution in [1.82, 2.24) is 9.80 Å². The molecule has 33 heavy (non-hydrogen) atoms. The molecule has 4 heterocycles. The Balaban J connectivity index is 1.58. The van der Waals surface area contributed by atoms with E-state index in [1.165, 1.54) is 30.4 Å². The minimum atomic E-state index is -1.11. The van der Waals surface area contributed by atoms with E-state index in [2.05, 4.69) is 4.90 Å². The number of hydrogen-bond acceptors (Lipinski definition) is 7. The molecule has 0 N–H and O–H groups in total. The minimum absolute atomic E-state index is 0.0314. The molecule has 2 amide bonds. The second-order valence-corrected chi connectivity index (χ2v) is 10.0. The van der Waals surface area contributed by atoms with Crippen molar-refractivity contribution in [3.63, 3.8) is 0 Å². The maximum atomic E-state index is 13.2. The van der Waals surface area contributed by atoms with Gasteiger partial charge in [0, 0.05) is 28.9 Å². The summed E-state index contributed by atoms with van der Waals surface area (Å²) >= 11 is 1.51. The van der Waals surface area contributed by atoms with Crippen molar-refractivity contribution in [1.29, 1.82) is 0 Å². The molecule has 0 radical (unpaired) electrons. The number of esters is 1. The molecule has 1 aromatic carbocycles. The normalized spacial score (nSPS) is 29.2. The summed E-state index contributed by atoms with van der Waals surface area (Å²) in [5.74, 6) is -2.27. The standard InChI is InChI=1S/C25H26N2O5S/c1-14(28)17-12-18(33-13-17)15-6-8-16(9-7-15)21-19-20(23(30)26(2)22(19)29)25(24(31)32-3)10-4-5-11-27(21)25/h6-9,12-13,19-21H,4-5,10-11H2,1-3H3/t19-,20-,21+,25-/m0/s1. The van der Waals surface area contributed by atoms with Crippen molar-refractivity contribution < 1.29 is 23.9 Å². The van der Waals surface area contributed by atoms with Crippen LogP contribution in [-0.4, -0.2) is 59.6 Å². The Morgan fingerprint density at radius 1 is 1.12 bits per heavy atom. The molecule has 0 spiro atoms. The Kier molecular flexibility index (Phi) is 5.25. The Bertz CT molecular complexity index is 1160. The molecule has 0 saturated carbocycles. The van der Waals surface area contributed by atoms with Crippen molar-refractivity contribution in [2.45, 2.75) is 37.8 Å². The van der Waals surface area contributed by atoms with Crippen LogP contribution in [0, 0.1) is 11.8 Å². The van der Waals surface area contributed by atoms with Gasteiger partial charge >= 0.3 is 5.97 Å². The van der Waals surface area contributed by atoms with Crippen LogP contribution in [0.2, 0.25) is 0 Å². The predicted molar refractivity (Wildman–Crippen MR) is 123 cm³/mol. The quantitative estimate of drug-likeness (QED) is 0.391. The number of methoxy groups -OCH3 is 1. The molecule has 1 aromatic heterocycles. The molecule has 0 unspecified atom stereocenters. The molecular formula is C25H26N2O5S. The molecular weight excluding hydrogens is 440 g/mol. The number of likely N-dealkylation sites (tertiary alicyclic amines) is 1. The van der Waals surface area contributed by atoms with E-state index in [4.69, 9.17) is 4.74 Å². The third-order valence-corrected chi connectivity index (χ3v) is 8.54. The van der Waals surface area contributed by atoms with Gasteiger partial charge in [-0.2, -0.15) is 0 Å².